The smallest absolute Gasteiger partial charge is 0.335 e. The van der Waals surface area contributed by atoms with Crippen molar-refractivity contribution in [1.29, 1.82) is 0 Å². The van der Waals surface area contributed by atoms with Crippen LogP contribution < -0.4 is 4.72 Å². The Morgan fingerprint density at radius 1 is 1.30 bits per heavy atom. The topological polar surface area (TPSA) is 92.7 Å². The third kappa shape index (κ3) is 5.28. The largest absolute Gasteiger partial charge is 0.478 e. The summed E-state index contributed by atoms with van der Waals surface area (Å²) in [6, 6.07) is 5.74. The molecule has 0 aliphatic carbocycles. The molecule has 0 aliphatic rings. The van der Waals surface area contributed by atoms with E-state index in [0.29, 0.717) is 5.56 Å². The Kier molecular flexibility index (Phi) is 5.27. The summed E-state index contributed by atoms with van der Waals surface area (Å²) >= 11 is 0. The van der Waals surface area contributed by atoms with Gasteiger partial charge in [-0.05, 0) is 31.5 Å². The van der Waals surface area contributed by atoms with Gasteiger partial charge in [-0.1, -0.05) is 12.1 Å². The van der Waals surface area contributed by atoms with E-state index in [-0.39, 0.29) is 17.9 Å². The second kappa shape index (κ2) is 6.34. The number of ether oxygens (including phenoxy) is 1. The second-order valence-electron chi connectivity index (χ2n) is 5.05. The number of hydrogen-bond acceptors (Lipinski definition) is 4. The van der Waals surface area contributed by atoms with Gasteiger partial charge >= 0.3 is 5.97 Å². The number of carbonyl (C=O) groups is 1. The first-order chi connectivity index (χ1) is 9.15. The molecule has 6 nitrogen and oxygen atoms in total. The van der Waals surface area contributed by atoms with Crippen molar-refractivity contribution in [3.05, 3.63) is 35.4 Å². The van der Waals surface area contributed by atoms with Gasteiger partial charge in [0.2, 0.25) is 10.0 Å². The van der Waals surface area contributed by atoms with Crippen LogP contribution in [0, 0.1) is 0 Å². The molecule has 0 heterocycles. The Bertz CT molecular complexity index is 563. The Hall–Kier alpha value is -1.44. The van der Waals surface area contributed by atoms with Gasteiger partial charge in [0.1, 0.15) is 0 Å². The quantitative estimate of drug-likeness (QED) is 0.790. The average molecular weight is 301 g/mol. The summed E-state index contributed by atoms with van der Waals surface area (Å²) < 4.78 is 31.4. The SMILES string of the molecule is COC(C)(C)CNS(=O)(=O)Cc1ccc(C(=O)O)cc1. The lowest BCUT2D eigenvalue weighted by Crippen LogP contribution is -2.40. The molecule has 0 fully saturated rings. The van der Waals surface area contributed by atoms with Crippen LogP contribution in [0.15, 0.2) is 24.3 Å². The van der Waals surface area contributed by atoms with Crippen LogP contribution in [0.4, 0.5) is 0 Å². The van der Waals surface area contributed by atoms with Crippen molar-refractivity contribution < 1.29 is 23.1 Å². The first-order valence-corrected chi connectivity index (χ1v) is 7.65. The summed E-state index contributed by atoms with van der Waals surface area (Å²) in [5.74, 6) is -1.24. The summed E-state index contributed by atoms with van der Waals surface area (Å²) in [5, 5.41) is 8.76. The molecular weight excluding hydrogens is 282 g/mol. The van der Waals surface area contributed by atoms with Gasteiger partial charge in [0.15, 0.2) is 0 Å². The Morgan fingerprint density at radius 2 is 1.85 bits per heavy atom. The normalized spacial score (nSPS) is 12.3. The van der Waals surface area contributed by atoms with E-state index in [1.807, 2.05) is 0 Å². The number of sulfonamides is 1. The summed E-state index contributed by atoms with van der Waals surface area (Å²) in [5.41, 5.74) is 0.0672. The van der Waals surface area contributed by atoms with Gasteiger partial charge in [-0.2, -0.15) is 0 Å². The highest BCUT2D eigenvalue weighted by molar-refractivity contribution is 7.88. The number of nitrogens with one attached hydrogen (secondary N) is 1. The van der Waals surface area contributed by atoms with E-state index < -0.39 is 21.6 Å². The van der Waals surface area contributed by atoms with Crippen molar-refractivity contribution in [1.82, 2.24) is 4.72 Å². The molecule has 0 spiro atoms. The molecule has 0 bridgehead atoms. The zero-order chi connectivity index (χ0) is 15.4. The zero-order valence-corrected chi connectivity index (χ0v) is 12.5. The van der Waals surface area contributed by atoms with Crippen molar-refractivity contribution in [2.24, 2.45) is 0 Å². The molecule has 0 unspecified atom stereocenters. The lowest BCUT2D eigenvalue weighted by molar-refractivity contribution is 0.0276. The highest BCUT2D eigenvalue weighted by Crippen LogP contribution is 2.10. The minimum absolute atomic E-state index is 0.125. The van der Waals surface area contributed by atoms with Crippen molar-refractivity contribution >= 4 is 16.0 Å². The Balaban J connectivity index is 2.69. The van der Waals surface area contributed by atoms with Gasteiger partial charge in [0.25, 0.3) is 0 Å². The fourth-order valence-electron chi connectivity index (χ4n) is 1.37. The van der Waals surface area contributed by atoms with Crippen LogP contribution in [0.3, 0.4) is 0 Å². The highest BCUT2D eigenvalue weighted by atomic mass is 32.2. The molecule has 0 aromatic heterocycles. The fourth-order valence-corrected chi connectivity index (χ4v) is 2.67. The lowest BCUT2D eigenvalue weighted by Gasteiger charge is -2.23. The van der Waals surface area contributed by atoms with Crippen LogP contribution in [-0.4, -0.2) is 38.7 Å². The minimum atomic E-state index is -3.49. The molecule has 0 saturated carbocycles. The molecule has 112 valence electrons. The average Bonchev–Trinajstić information content (AvgIpc) is 2.37. The maximum absolute atomic E-state index is 11.9. The molecule has 1 rings (SSSR count). The number of carboxylic acid groups (broad SMARTS) is 1. The Morgan fingerprint density at radius 3 is 2.30 bits per heavy atom. The maximum Gasteiger partial charge on any atom is 0.335 e. The number of benzene rings is 1. The van der Waals surface area contributed by atoms with Crippen LogP contribution in [0.5, 0.6) is 0 Å². The third-order valence-electron chi connectivity index (χ3n) is 2.83. The summed E-state index contributed by atoms with van der Waals surface area (Å²) in [4.78, 5) is 10.7. The number of carboxylic acids is 1. The number of hydrogen-bond donors (Lipinski definition) is 2. The van der Waals surface area contributed by atoms with E-state index >= 15 is 0 Å². The zero-order valence-electron chi connectivity index (χ0n) is 11.7. The predicted molar refractivity (Wildman–Crippen MR) is 75.1 cm³/mol. The van der Waals surface area contributed by atoms with Crippen LogP contribution in [0.1, 0.15) is 29.8 Å². The van der Waals surface area contributed by atoms with Gasteiger partial charge in [-0.15, -0.1) is 0 Å². The molecule has 1 aromatic rings. The molecular formula is C13H19NO5S. The van der Waals surface area contributed by atoms with Crippen LogP contribution >= 0.6 is 0 Å². The third-order valence-corrected chi connectivity index (χ3v) is 4.13. The number of rotatable bonds is 7. The van der Waals surface area contributed by atoms with E-state index in [4.69, 9.17) is 9.84 Å². The summed E-state index contributed by atoms with van der Waals surface area (Å²) in [6.45, 7) is 3.72. The monoisotopic (exact) mass is 301 g/mol. The molecule has 0 aliphatic heterocycles. The van der Waals surface area contributed by atoms with Crippen LogP contribution in [-0.2, 0) is 20.5 Å². The molecule has 0 atom stereocenters. The summed E-state index contributed by atoms with van der Waals surface area (Å²) in [6.07, 6.45) is 0. The summed E-state index contributed by atoms with van der Waals surface area (Å²) in [7, 11) is -1.98. The lowest BCUT2D eigenvalue weighted by atomic mass is 10.1. The number of methoxy groups -OCH3 is 1. The number of aromatic carboxylic acids is 1. The van der Waals surface area contributed by atoms with Gasteiger partial charge in [-0.3, -0.25) is 0 Å². The molecule has 1 aromatic carbocycles. The van der Waals surface area contributed by atoms with Crippen molar-refractivity contribution in [3.63, 3.8) is 0 Å². The molecule has 0 radical (unpaired) electrons. The van der Waals surface area contributed by atoms with Gasteiger partial charge in [0.05, 0.1) is 16.9 Å². The molecule has 20 heavy (non-hydrogen) atoms. The standard InChI is InChI=1S/C13H19NO5S/c1-13(2,19-3)9-14-20(17,18)8-10-4-6-11(7-5-10)12(15)16/h4-7,14H,8-9H2,1-3H3,(H,15,16). The van der Waals surface area contributed by atoms with Crippen LogP contribution in [0.25, 0.3) is 0 Å². The van der Waals surface area contributed by atoms with Crippen molar-refractivity contribution in [2.75, 3.05) is 13.7 Å². The second-order valence-corrected chi connectivity index (χ2v) is 6.85. The van der Waals surface area contributed by atoms with E-state index in [2.05, 4.69) is 4.72 Å². The molecule has 2 N–H and O–H groups in total. The predicted octanol–water partition coefficient (Wildman–Crippen LogP) is 1.23. The first-order valence-electron chi connectivity index (χ1n) is 6.00. The van der Waals surface area contributed by atoms with E-state index in [1.165, 1.54) is 31.4 Å². The maximum atomic E-state index is 11.9. The fraction of sp³-hybridized carbons (Fsp3) is 0.462. The molecule has 0 saturated heterocycles. The van der Waals surface area contributed by atoms with Crippen LogP contribution in [0.2, 0.25) is 0 Å². The highest BCUT2D eigenvalue weighted by Gasteiger charge is 2.20. The molecule has 0 amide bonds. The van der Waals surface area contributed by atoms with Crippen molar-refractivity contribution in [2.45, 2.75) is 25.2 Å². The van der Waals surface area contributed by atoms with Crippen molar-refractivity contribution in [3.8, 4) is 0 Å². The van der Waals surface area contributed by atoms with E-state index in [9.17, 15) is 13.2 Å². The van der Waals surface area contributed by atoms with E-state index in [0.717, 1.165) is 0 Å². The Labute approximate surface area is 118 Å². The van der Waals surface area contributed by atoms with E-state index in [1.54, 1.807) is 13.8 Å². The van der Waals surface area contributed by atoms with Gasteiger partial charge in [0, 0.05) is 13.7 Å². The van der Waals surface area contributed by atoms with Gasteiger partial charge in [-0.25, -0.2) is 17.9 Å². The first kappa shape index (κ1) is 16.6. The van der Waals surface area contributed by atoms with Gasteiger partial charge < -0.3 is 9.84 Å². The molecule has 7 heteroatoms. The minimum Gasteiger partial charge on any atom is -0.478 e.